The number of rotatable bonds is 6. The van der Waals surface area contributed by atoms with E-state index in [1.165, 1.54) is 0 Å². The lowest BCUT2D eigenvalue weighted by molar-refractivity contribution is -0.128. The summed E-state index contributed by atoms with van der Waals surface area (Å²) in [6, 6.07) is 7.88. The average Bonchev–Trinajstić information content (AvgIpc) is 2.81. The molecule has 5 heteroatoms. The quantitative estimate of drug-likeness (QED) is 0.808. The molecule has 1 amide bonds. The van der Waals surface area contributed by atoms with Gasteiger partial charge < -0.3 is 9.64 Å². The zero-order valence-corrected chi connectivity index (χ0v) is 12.2. The molecule has 1 N–H and O–H groups in total. The summed E-state index contributed by atoms with van der Waals surface area (Å²) < 4.78 is 5.16. The molecule has 0 spiro atoms. The molecule has 1 aliphatic rings. The lowest BCUT2D eigenvalue weighted by Gasteiger charge is -2.24. The monoisotopic (exact) mass is 280 g/mol. The van der Waals surface area contributed by atoms with Crippen LogP contribution in [0.2, 0.25) is 0 Å². The number of ether oxygens (including phenoxy) is 1. The van der Waals surface area contributed by atoms with Gasteiger partial charge in [0.05, 0.1) is 13.7 Å². The van der Waals surface area contributed by atoms with Crippen molar-refractivity contribution in [1.82, 2.24) is 10.2 Å². The smallest absolute Gasteiger partial charge is 0.238 e. The van der Waals surface area contributed by atoms with Gasteiger partial charge in [-0.25, -0.2) is 0 Å². The van der Waals surface area contributed by atoms with E-state index < -0.39 is 0 Å². The van der Waals surface area contributed by atoms with Crippen molar-refractivity contribution in [3.8, 4) is 5.75 Å². The first-order valence-corrected chi connectivity index (χ1v) is 7.81. The number of amides is 1. The number of carbonyl (C=O) groups is 1. The minimum Gasteiger partial charge on any atom is -0.497 e. The molecule has 0 radical (unpaired) electrons. The Morgan fingerprint density at radius 1 is 1.42 bits per heavy atom. The van der Waals surface area contributed by atoms with Crippen LogP contribution in [-0.2, 0) is 4.79 Å². The molecule has 1 fully saturated rings. The van der Waals surface area contributed by atoms with E-state index in [0.29, 0.717) is 6.54 Å². The number of nitrogens with one attached hydrogen (secondary N) is 1. The van der Waals surface area contributed by atoms with Crippen LogP contribution >= 0.6 is 11.8 Å². The van der Waals surface area contributed by atoms with Gasteiger partial charge in [-0.05, 0) is 36.1 Å². The van der Waals surface area contributed by atoms with E-state index in [9.17, 15) is 4.79 Å². The number of hydrogen-bond acceptors (Lipinski definition) is 4. The normalized spacial score (nSPS) is 18.9. The summed E-state index contributed by atoms with van der Waals surface area (Å²) in [5.41, 5.74) is 1.11. The first kappa shape index (κ1) is 14.2. The average molecular weight is 280 g/mol. The van der Waals surface area contributed by atoms with Gasteiger partial charge in [0, 0.05) is 6.54 Å². The zero-order chi connectivity index (χ0) is 13.7. The van der Waals surface area contributed by atoms with Gasteiger partial charge in [-0.3, -0.25) is 10.1 Å². The summed E-state index contributed by atoms with van der Waals surface area (Å²) in [6.45, 7) is 1.24. The molecular weight excluding hydrogens is 260 g/mol. The Morgan fingerprint density at radius 3 is 2.79 bits per heavy atom. The van der Waals surface area contributed by atoms with E-state index in [1.807, 2.05) is 40.9 Å². The maximum atomic E-state index is 11.9. The Labute approximate surface area is 118 Å². The molecule has 104 valence electrons. The molecular formula is C14H20N2O2S. The third-order valence-electron chi connectivity index (χ3n) is 3.26. The fraction of sp³-hybridized carbons (Fsp3) is 0.500. The summed E-state index contributed by atoms with van der Waals surface area (Å²) in [5, 5.41) is 3.27. The fourth-order valence-electron chi connectivity index (χ4n) is 2.26. The maximum Gasteiger partial charge on any atom is 0.238 e. The van der Waals surface area contributed by atoms with E-state index in [0.717, 1.165) is 30.0 Å². The van der Waals surface area contributed by atoms with Gasteiger partial charge in [0.15, 0.2) is 0 Å². The highest BCUT2D eigenvalue weighted by molar-refractivity contribution is 7.98. The van der Waals surface area contributed by atoms with Crippen LogP contribution in [0.15, 0.2) is 24.3 Å². The minimum absolute atomic E-state index is 0.000243. The third-order valence-corrected chi connectivity index (χ3v) is 3.95. The Kier molecular flexibility index (Phi) is 5.10. The van der Waals surface area contributed by atoms with Gasteiger partial charge in [-0.2, -0.15) is 11.8 Å². The predicted molar refractivity (Wildman–Crippen MR) is 78.4 cm³/mol. The highest BCUT2D eigenvalue weighted by Gasteiger charge is 2.30. The summed E-state index contributed by atoms with van der Waals surface area (Å²) in [5.74, 6) is 2.10. The summed E-state index contributed by atoms with van der Waals surface area (Å²) in [6.07, 6.45) is 3.12. The second kappa shape index (κ2) is 6.82. The van der Waals surface area contributed by atoms with Gasteiger partial charge in [-0.1, -0.05) is 12.1 Å². The number of benzene rings is 1. The molecule has 1 atom stereocenters. The van der Waals surface area contributed by atoms with Crippen LogP contribution in [0.1, 0.15) is 18.2 Å². The highest BCUT2D eigenvalue weighted by Crippen LogP contribution is 2.24. The Morgan fingerprint density at radius 2 is 2.16 bits per heavy atom. The summed E-state index contributed by atoms with van der Waals surface area (Å²) in [7, 11) is 1.65. The van der Waals surface area contributed by atoms with Crippen LogP contribution < -0.4 is 10.1 Å². The minimum atomic E-state index is 0.000243. The van der Waals surface area contributed by atoms with Gasteiger partial charge >= 0.3 is 0 Å². The van der Waals surface area contributed by atoms with E-state index in [2.05, 4.69) is 11.6 Å². The van der Waals surface area contributed by atoms with Crippen LogP contribution in [0.4, 0.5) is 0 Å². The molecule has 1 aromatic carbocycles. The van der Waals surface area contributed by atoms with Gasteiger partial charge in [-0.15, -0.1) is 0 Å². The second-order valence-electron chi connectivity index (χ2n) is 4.49. The number of nitrogens with zero attached hydrogens (tertiary/aromatic N) is 1. The van der Waals surface area contributed by atoms with Crippen LogP contribution in [0.5, 0.6) is 5.75 Å². The number of methoxy groups -OCH3 is 1. The van der Waals surface area contributed by atoms with Crippen molar-refractivity contribution < 1.29 is 9.53 Å². The topological polar surface area (TPSA) is 41.6 Å². The molecule has 1 aliphatic heterocycles. The van der Waals surface area contributed by atoms with Crippen molar-refractivity contribution in [2.24, 2.45) is 0 Å². The maximum absolute atomic E-state index is 11.9. The van der Waals surface area contributed by atoms with Crippen LogP contribution in [0, 0.1) is 0 Å². The molecule has 1 unspecified atom stereocenters. The van der Waals surface area contributed by atoms with Crippen LogP contribution in [0.3, 0.4) is 0 Å². The zero-order valence-electron chi connectivity index (χ0n) is 11.4. The van der Waals surface area contributed by atoms with Crippen LogP contribution in [0.25, 0.3) is 0 Å². The van der Waals surface area contributed by atoms with Crippen molar-refractivity contribution in [3.05, 3.63) is 29.8 Å². The lowest BCUT2D eigenvalue weighted by atomic mass is 10.1. The van der Waals surface area contributed by atoms with Crippen molar-refractivity contribution >= 4 is 17.7 Å². The van der Waals surface area contributed by atoms with Gasteiger partial charge in [0.2, 0.25) is 5.91 Å². The Bertz CT molecular complexity index is 422. The molecule has 0 aliphatic carbocycles. The summed E-state index contributed by atoms with van der Waals surface area (Å²) >= 11 is 1.81. The molecule has 4 nitrogen and oxygen atoms in total. The molecule has 19 heavy (non-hydrogen) atoms. The molecule has 0 aromatic heterocycles. The number of hydrogen-bond donors (Lipinski definition) is 1. The Balaban J connectivity index is 2.05. The van der Waals surface area contributed by atoms with E-state index in [-0.39, 0.29) is 12.1 Å². The number of thioether (sulfide) groups is 1. The molecule has 1 aromatic rings. The predicted octanol–water partition coefficient (Wildman–Crippen LogP) is 1.88. The molecule has 2 rings (SSSR count). The standard InChI is InChI=1S/C14H20N2O2S/c1-18-12-6-4-11(5-7-12)14-15-10-13(17)16(14)8-3-9-19-2/h4-7,14-15H,3,8-10H2,1-2H3. The second-order valence-corrected chi connectivity index (χ2v) is 5.48. The molecule has 1 heterocycles. The van der Waals surface area contributed by atoms with Crippen molar-refractivity contribution in [2.75, 3.05) is 32.2 Å². The molecule has 0 saturated carbocycles. The largest absolute Gasteiger partial charge is 0.497 e. The molecule has 0 bridgehead atoms. The van der Waals surface area contributed by atoms with Crippen LogP contribution in [-0.4, -0.2) is 43.0 Å². The highest BCUT2D eigenvalue weighted by atomic mass is 32.2. The lowest BCUT2D eigenvalue weighted by Crippen LogP contribution is -2.31. The van der Waals surface area contributed by atoms with Gasteiger partial charge in [0.25, 0.3) is 0 Å². The van der Waals surface area contributed by atoms with Crippen molar-refractivity contribution in [1.29, 1.82) is 0 Å². The first-order chi connectivity index (χ1) is 9.26. The SMILES string of the molecule is COc1ccc(C2NCC(=O)N2CCCSC)cc1. The number of carbonyl (C=O) groups excluding carboxylic acids is 1. The Hall–Kier alpha value is -1.20. The van der Waals surface area contributed by atoms with Crippen molar-refractivity contribution in [3.63, 3.8) is 0 Å². The summed E-state index contributed by atoms with van der Waals surface area (Å²) in [4.78, 5) is 13.8. The third kappa shape index (κ3) is 3.42. The van der Waals surface area contributed by atoms with E-state index >= 15 is 0 Å². The first-order valence-electron chi connectivity index (χ1n) is 6.42. The fourth-order valence-corrected chi connectivity index (χ4v) is 2.67. The van der Waals surface area contributed by atoms with E-state index in [1.54, 1.807) is 7.11 Å². The molecule has 1 saturated heterocycles. The van der Waals surface area contributed by atoms with E-state index in [4.69, 9.17) is 4.74 Å². The van der Waals surface area contributed by atoms with Gasteiger partial charge in [0.1, 0.15) is 11.9 Å². The van der Waals surface area contributed by atoms with Crippen molar-refractivity contribution in [2.45, 2.75) is 12.6 Å².